The number of nitrogens with one attached hydrogen (secondary N) is 3. The van der Waals surface area contributed by atoms with Crippen molar-refractivity contribution in [3.63, 3.8) is 0 Å². The van der Waals surface area contributed by atoms with E-state index in [0.717, 1.165) is 22.6 Å². The normalized spacial score (nSPS) is 11.3. The molecular formula is C24H26N4O3. The summed E-state index contributed by atoms with van der Waals surface area (Å²) in [5, 5.41) is 8.50. The number of carbonyl (C=O) groups is 2. The van der Waals surface area contributed by atoms with Crippen LogP contribution in [0.2, 0.25) is 0 Å². The zero-order chi connectivity index (χ0) is 22.2. The van der Waals surface area contributed by atoms with Crippen LogP contribution in [-0.2, 0) is 6.54 Å². The Morgan fingerprint density at radius 1 is 1.03 bits per heavy atom. The minimum atomic E-state index is -0.327. The number of nitrogens with zero attached hydrogens (tertiary/aromatic N) is 1. The van der Waals surface area contributed by atoms with Crippen LogP contribution in [0.25, 0.3) is 0 Å². The molecule has 3 N–H and O–H groups in total. The third-order valence-electron chi connectivity index (χ3n) is 4.82. The zero-order valence-electron chi connectivity index (χ0n) is 17.8. The number of aromatic nitrogens is 1. The van der Waals surface area contributed by atoms with Gasteiger partial charge in [-0.3, -0.25) is 9.78 Å². The van der Waals surface area contributed by atoms with Gasteiger partial charge in [0.2, 0.25) is 0 Å². The molecule has 2 aromatic carbocycles. The van der Waals surface area contributed by atoms with Gasteiger partial charge >= 0.3 is 6.03 Å². The van der Waals surface area contributed by atoms with Crippen LogP contribution in [0, 0.1) is 6.92 Å². The molecule has 160 valence electrons. The monoisotopic (exact) mass is 418 g/mol. The Balaban J connectivity index is 1.51. The molecular weight excluding hydrogens is 392 g/mol. The summed E-state index contributed by atoms with van der Waals surface area (Å²) in [5.41, 5.74) is 3.92. The fourth-order valence-electron chi connectivity index (χ4n) is 3.11. The Hall–Kier alpha value is -3.87. The summed E-state index contributed by atoms with van der Waals surface area (Å²) in [6.07, 6.45) is 1.71. The molecule has 0 radical (unpaired) electrons. The Morgan fingerprint density at radius 3 is 2.39 bits per heavy atom. The molecule has 0 unspecified atom stereocenters. The summed E-state index contributed by atoms with van der Waals surface area (Å²) in [6, 6.07) is 17.5. The third-order valence-corrected chi connectivity index (χ3v) is 4.82. The summed E-state index contributed by atoms with van der Waals surface area (Å²) >= 11 is 0. The molecule has 3 rings (SSSR count). The largest absolute Gasteiger partial charge is 0.497 e. The molecule has 0 fully saturated rings. The summed E-state index contributed by atoms with van der Waals surface area (Å²) in [6.45, 7) is 4.25. The molecule has 3 amide bonds. The van der Waals surface area contributed by atoms with Gasteiger partial charge in [0, 0.05) is 24.0 Å². The maximum absolute atomic E-state index is 12.5. The minimum Gasteiger partial charge on any atom is -0.497 e. The average Bonchev–Trinajstić information content (AvgIpc) is 2.78. The zero-order valence-corrected chi connectivity index (χ0v) is 17.8. The highest BCUT2D eigenvalue weighted by Gasteiger charge is 2.14. The Bertz CT molecular complexity index is 1030. The summed E-state index contributed by atoms with van der Waals surface area (Å²) in [7, 11) is 1.61. The number of hydrogen-bond donors (Lipinski definition) is 3. The van der Waals surface area contributed by atoms with Crippen LogP contribution in [0.5, 0.6) is 5.75 Å². The summed E-state index contributed by atoms with van der Waals surface area (Å²) in [4.78, 5) is 29.0. The molecule has 0 aliphatic carbocycles. The van der Waals surface area contributed by atoms with Crippen molar-refractivity contribution in [3.05, 3.63) is 89.2 Å². The Labute approximate surface area is 181 Å². The van der Waals surface area contributed by atoms with Gasteiger partial charge in [0.25, 0.3) is 5.91 Å². The highest BCUT2D eigenvalue weighted by Crippen LogP contribution is 2.16. The van der Waals surface area contributed by atoms with Crippen molar-refractivity contribution in [2.45, 2.75) is 26.4 Å². The van der Waals surface area contributed by atoms with E-state index in [2.05, 4.69) is 20.9 Å². The van der Waals surface area contributed by atoms with Crippen LogP contribution in [0.1, 0.15) is 40.1 Å². The number of methoxy groups -OCH3 is 1. The van der Waals surface area contributed by atoms with Gasteiger partial charge in [0.1, 0.15) is 5.75 Å². The summed E-state index contributed by atoms with van der Waals surface area (Å²) in [5.74, 6) is 0.565. The SMILES string of the molecule is COc1ccc(CNC(=O)Nc2ccc(C(=O)N[C@H](C)c3ncccc3C)cc2)cc1. The van der Waals surface area contributed by atoms with E-state index in [9.17, 15) is 9.59 Å². The second-order valence-corrected chi connectivity index (χ2v) is 7.13. The van der Waals surface area contributed by atoms with Crippen LogP contribution in [-0.4, -0.2) is 24.0 Å². The molecule has 1 heterocycles. The maximum Gasteiger partial charge on any atom is 0.319 e. The number of benzene rings is 2. The number of hydrogen-bond acceptors (Lipinski definition) is 4. The van der Waals surface area contributed by atoms with Crippen molar-refractivity contribution >= 4 is 17.6 Å². The first-order valence-corrected chi connectivity index (χ1v) is 9.96. The number of amides is 3. The quantitative estimate of drug-likeness (QED) is 0.536. The number of carbonyl (C=O) groups excluding carboxylic acids is 2. The van der Waals surface area contributed by atoms with Gasteiger partial charge in [0.15, 0.2) is 0 Å². The highest BCUT2D eigenvalue weighted by atomic mass is 16.5. The molecule has 0 saturated carbocycles. The van der Waals surface area contributed by atoms with E-state index in [0.29, 0.717) is 17.8 Å². The Kier molecular flexibility index (Phi) is 7.22. The number of aryl methyl sites for hydroxylation is 1. The molecule has 0 aliphatic rings. The molecule has 31 heavy (non-hydrogen) atoms. The van der Waals surface area contributed by atoms with E-state index in [1.807, 2.05) is 50.2 Å². The fraction of sp³-hybridized carbons (Fsp3) is 0.208. The lowest BCUT2D eigenvalue weighted by atomic mass is 10.1. The maximum atomic E-state index is 12.5. The van der Waals surface area contributed by atoms with Crippen LogP contribution in [0.3, 0.4) is 0 Å². The molecule has 0 spiro atoms. The first-order valence-electron chi connectivity index (χ1n) is 9.96. The van der Waals surface area contributed by atoms with Crippen molar-refractivity contribution in [2.24, 2.45) is 0 Å². The average molecular weight is 418 g/mol. The van der Waals surface area contributed by atoms with Crippen molar-refractivity contribution in [1.29, 1.82) is 0 Å². The van der Waals surface area contributed by atoms with Gasteiger partial charge in [-0.2, -0.15) is 0 Å². The van der Waals surface area contributed by atoms with Gasteiger partial charge < -0.3 is 20.7 Å². The lowest BCUT2D eigenvalue weighted by Gasteiger charge is -2.15. The second-order valence-electron chi connectivity index (χ2n) is 7.13. The predicted molar refractivity (Wildman–Crippen MR) is 120 cm³/mol. The first-order chi connectivity index (χ1) is 15.0. The van der Waals surface area contributed by atoms with Crippen LogP contribution >= 0.6 is 0 Å². The molecule has 1 aromatic heterocycles. The smallest absolute Gasteiger partial charge is 0.319 e. The van der Waals surface area contributed by atoms with E-state index in [1.165, 1.54) is 0 Å². The van der Waals surface area contributed by atoms with E-state index in [-0.39, 0.29) is 18.0 Å². The molecule has 0 saturated heterocycles. The minimum absolute atomic E-state index is 0.201. The van der Waals surface area contributed by atoms with E-state index in [1.54, 1.807) is 37.6 Å². The molecule has 1 atom stereocenters. The predicted octanol–water partition coefficient (Wildman–Crippen LogP) is 4.21. The standard InChI is InChI=1S/C24H26N4O3/c1-16-5-4-14-25-22(16)17(2)27-23(29)19-8-10-20(11-9-19)28-24(30)26-15-18-6-12-21(31-3)13-7-18/h4-14,17H,15H2,1-3H3,(H,27,29)(H2,26,28,30)/t17-/m1/s1. The van der Waals surface area contributed by atoms with Crippen LogP contribution < -0.4 is 20.7 Å². The molecule has 0 aliphatic heterocycles. The number of ether oxygens (including phenoxy) is 1. The fourth-order valence-corrected chi connectivity index (χ4v) is 3.11. The van der Waals surface area contributed by atoms with E-state index >= 15 is 0 Å². The van der Waals surface area contributed by atoms with Crippen molar-refractivity contribution in [2.75, 3.05) is 12.4 Å². The molecule has 0 bridgehead atoms. The van der Waals surface area contributed by atoms with E-state index < -0.39 is 0 Å². The summed E-state index contributed by atoms with van der Waals surface area (Å²) < 4.78 is 5.12. The first kappa shape index (κ1) is 21.8. The molecule has 7 heteroatoms. The van der Waals surface area contributed by atoms with Gasteiger partial charge in [-0.1, -0.05) is 18.2 Å². The third kappa shape index (κ3) is 6.05. The number of anilines is 1. The number of rotatable bonds is 7. The van der Waals surface area contributed by atoms with Crippen LogP contribution in [0.15, 0.2) is 66.9 Å². The molecule has 3 aromatic rings. The van der Waals surface area contributed by atoms with Crippen molar-refractivity contribution < 1.29 is 14.3 Å². The topological polar surface area (TPSA) is 92.4 Å². The van der Waals surface area contributed by atoms with Crippen molar-refractivity contribution in [1.82, 2.24) is 15.6 Å². The molecule has 7 nitrogen and oxygen atoms in total. The second kappa shape index (κ2) is 10.2. The number of urea groups is 1. The van der Waals surface area contributed by atoms with Gasteiger partial charge in [-0.15, -0.1) is 0 Å². The van der Waals surface area contributed by atoms with Crippen LogP contribution in [0.4, 0.5) is 10.5 Å². The number of pyridine rings is 1. The van der Waals surface area contributed by atoms with Gasteiger partial charge in [0.05, 0.1) is 18.8 Å². The van der Waals surface area contributed by atoms with Gasteiger partial charge in [-0.25, -0.2) is 4.79 Å². The van der Waals surface area contributed by atoms with Gasteiger partial charge in [-0.05, 0) is 67.4 Å². The van der Waals surface area contributed by atoms with Crippen molar-refractivity contribution in [3.8, 4) is 5.75 Å². The highest BCUT2D eigenvalue weighted by molar-refractivity contribution is 5.95. The lowest BCUT2D eigenvalue weighted by Crippen LogP contribution is -2.28. The lowest BCUT2D eigenvalue weighted by molar-refractivity contribution is 0.0939. The Morgan fingerprint density at radius 2 is 1.74 bits per heavy atom. The van der Waals surface area contributed by atoms with E-state index in [4.69, 9.17) is 4.74 Å².